The molecule has 11 heteroatoms. The number of carbonyl (C=O) groups excluding carboxylic acids is 1. The molecule has 0 unspecified atom stereocenters. The van der Waals surface area contributed by atoms with E-state index < -0.39 is 22.5 Å². The Hall–Kier alpha value is -3.83. The first-order valence-electron chi connectivity index (χ1n) is 10.7. The highest BCUT2D eigenvalue weighted by atomic mass is 32.2. The van der Waals surface area contributed by atoms with Gasteiger partial charge in [-0.2, -0.15) is 0 Å². The average Bonchev–Trinajstić information content (AvgIpc) is 3.15. The molecule has 2 heterocycles. The molecule has 9 nitrogen and oxygen atoms in total. The summed E-state index contributed by atoms with van der Waals surface area (Å²) >= 11 is 1.07. The third kappa shape index (κ3) is 4.47. The molecule has 4 aromatic rings. The van der Waals surface area contributed by atoms with Crippen LogP contribution >= 0.6 is 11.3 Å². The fraction of sp³-hybridized carbons (Fsp3) is 0.167. The van der Waals surface area contributed by atoms with Gasteiger partial charge in [0.05, 0.1) is 20.8 Å². The molecule has 1 aromatic heterocycles. The maximum Gasteiger partial charge on any atom is 0.307 e. The van der Waals surface area contributed by atoms with Crippen LogP contribution in [-0.4, -0.2) is 38.7 Å². The number of carbonyl (C=O) groups is 1. The monoisotopic (exact) mass is 511 g/mol. The van der Waals surface area contributed by atoms with Gasteiger partial charge in [0.1, 0.15) is 19.8 Å². The van der Waals surface area contributed by atoms with E-state index in [4.69, 9.17) is 9.47 Å². The number of hydrogen-bond donors (Lipinski definition) is 1. The molecular formula is C24H21N3O6S2. The minimum absolute atomic E-state index is 0.0539. The number of aryl methyl sites for hydroxylation is 1. The third-order valence-corrected chi connectivity index (χ3v) is 8.29. The second-order valence-corrected chi connectivity index (χ2v) is 10.7. The summed E-state index contributed by atoms with van der Waals surface area (Å²) in [4.78, 5) is 24.9. The van der Waals surface area contributed by atoms with E-state index in [9.17, 15) is 18.0 Å². The van der Waals surface area contributed by atoms with Crippen LogP contribution < -0.4 is 24.0 Å². The Labute approximate surface area is 205 Å². The van der Waals surface area contributed by atoms with Crippen LogP contribution in [0.25, 0.3) is 10.2 Å². The maximum absolute atomic E-state index is 13.5. The summed E-state index contributed by atoms with van der Waals surface area (Å²) in [5.41, 5.74) is 1.48. The molecule has 1 aliphatic rings. The fourth-order valence-electron chi connectivity index (χ4n) is 3.76. The predicted molar refractivity (Wildman–Crippen MR) is 134 cm³/mol. The van der Waals surface area contributed by atoms with Crippen LogP contribution in [0, 0.1) is 0 Å². The highest BCUT2D eigenvalue weighted by molar-refractivity contribution is 7.92. The molecule has 0 atom stereocenters. The van der Waals surface area contributed by atoms with Gasteiger partial charge in [-0.05, 0) is 42.5 Å². The molecule has 35 heavy (non-hydrogen) atoms. The van der Waals surface area contributed by atoms with Crippen molar-refractivity contribution in [1.29, 1.82) is 0 Å². The van der Waals surface area contributed by atoms with Gasteiger partial charge in [-0.15, -0.1) is 0 Å². The SMILES string of the molecule is Cn1c(=O)sc2cc(NC(=O)CN(c3ccc4c(c3)OCCO4)S(=O)(=O)c3ccccc3)ccc21. The van der Waals surface area contributed by atoms with Gasteiger partial charge in [0.15, 0.2) is 11.5 Å². The Balaban J connectivity index is 1.47. The lowest BCUT2D eigenvalue weighted by molar-refractivity contribution is -0.114. The van der Waals surface area contributed by atoms with E-state index >= 15 is 0 Å². The van der Waals surface area contributed by atoms with Gasteiger partial charge in [0.2, 0.25) is 5.91 Å². The first-order valence-corrected chi connectivity index (χ1v) is 13.0. The minimum atomic E-state index is -4.07. The van der Waals surface area contributed by atoms with Crippen molar-refractivity contribution in [3.8, 4) is 11.5 Å². The molecule has 0 aliphatic carbocycles. The number of hydrogen-bond acceptors (Lipinski definition) is 7. The molecule has 0 bridgehead atoms. The van der Waals surface area contributed by atoms with Gasteiger partial charge in [0, 0.05) is 18.8 Å². The van der Waals surface area contributed by atoms with E-state index in [2.05, 4.69) is 5.32 Å². The highest BCUT2D eigenvalue weighted by Gasteiger charge is 2.28. The van der Waals surface area contributed by atoms with Gasteiger partial charge >= 0.3 is 4.87 Å². The Morgan fingerprint density at radius 1 is 1.03 bits per heavy atom. The summed E-state index contributed by atoms with van der Waals surface area (Å²) in [6, 6.07) is 17.8. The van der Waals surface area contributed by atoms with Gasteiger partial charge < -0.3 is 19.4 Å². The second kappa shape index (κ2) is 9.08. The summed E-state index contributed by atoms with van der Waals surface area (Å²) in [6.45, 7) is 0.275. The Morgan fingerprint density at radius 2 is 1.77 bits per heavy atom. The summed E-state index contributed by atoms with van der Waals surface area (Å²) in [5, 5.41) is 2.74. The van der Waals surface area contributed by atoms with Crippen LogP contribution in [0.3, 0.4) is 0 Å². The van der Waals surface area contributed by atoms with Crippen molar-refractivity contribution in [2.24, 2.45) is 7.05 Å². The number of sulfonamides is 1. The zero-order valence-electron chi connectivity index (χ0n) is 18.6. The molecule has 0 spiro atoms. The van der Waals surface area contributed by atoms with Crippen molar-refractivity contribution < 1.29 is 22.7 Å². The zero-order chi connectivity index (χ0) is 24.6. The molecular weight excluding hydrogens is 490 g/mol. The van der Waals surface area contributed by atoms with E-state index in [0.29, 0.717) is 30.4 Å². The first-order chi connectivity index (χ1) is 16.8. The number of thiazole rings is 1. The van der Waals surface area contributed by atoms with Crippen molar-refractivity contribution in [2.45, 2.75) is 4.90 Å². The fourth-order valence-corrected chi connectivity index (χ4v) is 6.12. The Morgan fingerprint density at radius 3 is 2.54 bits per heavy atom. The Bertz CT molecular complexity index is 1580. The number of rotatable bonds is 6. The van der Waals surface area contributed by atoms with Crippen LogP contribution in [-0.2, 0) is 21.9 Å². The van der Waals surface area contributed by atoms with Crippen LogP contribution in [0.15, 0.2) is 76.4 Å². The largest absolute Gasteiger partial charge is 0.486 e. The van der Waals surface area contributed by atoms with Crippen molar-refractivity contribution in [3.63, 3.8) is 0 Å². The molecule has 1 amide bonds. The van der Waals surface area contributed by atoms with Crippen molar-refractivity contribution in [2.75, 3.05) is 29.4 Å². The molecule has 0 fully saturated rings. The summed E-state index contributed by atoms with van der Waals surface area (Å²) in [6.07, 6.45) is 0. The van der Waals surface area contributed by atoms with E-state index in [0.717, 1.165) is 25.9 Å². The number of nitrogens with one attached hydrogen (secondary N) is 1. The van der Waals surface area contributed by atoms with E-state index in [1.54, 1.807) is 61.6 Å². The average molecular weight is 512 g/mol. The summed E-state index contributed by atoms with van der Waals surface area (Å²) in [7, 11) is -2.39. The van der Waals surface area contributed by atoms with Crippen molar-refractivity contribution in [1.82, 2.24) is 4.57 Å². The van der Waals surface area contributed by atoms with E-state index in [1.165, 1.54) is 16.7 Å². The lowest BCUT2D eigenvalue weighted by Crippen LogP contribution is -2.38. The minimum Gasteiger partial charge on any atom is -0.486 e. The number of fused-ring (bicyclic) bond motifs is 2. The summed E-state index contributed by atoms with van der Waals surface area (Å²) in [5.74, 6) is 0.380. The van der Waals surface area contributed by atoms with Crippen LogP contribution in [0.2, 0.25) is 0 Å². The van der Waals surface area contributed by atoms with Crippen LogP contribution in [0.5, 0.6) is 11.5 Å². The number of amides is 1. The molecule has 0 saturated heterocycles. The molecule has 0 radical (unpaired) electrons. The molecule has 5 rings (SSSR count). The number of aromatic nitrogens is 1. The number of nitrogens with zero attached hydrogens (tertiary/aromatic N) is 2. The van der Waals surface area contributed by atoms with Crippen LogP contribution in [0.1, 0.15) is 0 Å². The predicted octanol–water partition coefficient (Wildman–Crippen LogP) is 3.21. The molecule has 3 aromatic carbocycles. The smallest absolute Gasteiger partial charge is 0.307 e. The third-order valence-electron chi connectivity index (χ3n) is 5.51. The first kappa shape index (κ1) is 22.9. The topological polar surface area (TPSA) is 107 Å². The zero-order valence-corrected chi connectivity index (χ0v) is 20.3. The quantitative estimate of drug-likeness (QED) is 0.426. The summed E-state index contributed by atoms with van der Waals surface area (Å²) < 4.78 is 41.5. The van der Waals surface area contributed by atoms with Crippen molar-refractivity contribution in [3.05, 3.63) is 76.4 Å². The molecule has 1 N–H and O–H groups in total. The molecule has 0 saturated carbocycles. The van der Waals surface area contributed by atoms with Gasteiger partial charge in [0.25, 0.3) is 10.0 Å². The Kier molecular flexibility index (Phi) is 5.95. The standard InChI is InChI=1S/C24H21N3O6S2/c1-26-19-9-7-16(13-22(19)34-24(26)29)25-23(28)15-27(35(30,31)18-5-3-2-4-6-18)17-8-10-20-21(14-17)33-12-11-32-20/h2-10,13-14H,11-12,15H2,1H3,(H,25,28). The number of benzene rings is 3. The van der Waals surface area contributed by atoms with Gasteiger partial charge in [-0.1, -0.05) is 29.5 Å². The lowest BCUT2D eigenvalue weighted by Gasteiger charge is -2.26. The van der Waals surface area contributed by atoms with E-state index in [-0.39, 0.29) is 15.5 Å². The molecule has 1 aliphatic heterocycles. The van der Waals surface area contributed by atoms with Crippen LogP contribution in [0.4, 0.5) is 11.4 Å². The van der Waals surface area contributed by atoms with Gasteiger partial charge in [-0.25, -0.2) is 8.42 Å². The second-order valence-electron chi connectivity index (χ2n) is 7.81. The van der Waals surface area contributed by atoms with Gasteiger partial charge in [-0.3, -0.25) is 13.9 Å². The normalized spacial score (nSPS) is 12.9. The lowest BCUT2D eigenvalue weighted by atomic mass is 10.2. The number of ether oxygens (including phenoxy) is 2. The molecule has 180 valence electrons. The van der Waals surface area contributed by atoms with E-state index in [1.807, 2.05) is 0 Å². The van der Waals surface area contributed by atoms with Crippen molar-refractivity contribution >= 4 is 48.9 Å². The number of anilines is 2. The maximum atomic E-state index is 13.5. The highest BCUT2D eigenvalue weighted by Crippen LogP contribution is 2.35.